The molecule has 0 aliphatic heterocycles. The Bertz CT molecular complexity index is 909. The summed E-state index contributed by atoms with van der Waals surface area (Å²) in [5.41, 5.74) is 20.8. The van der Waals surface area contributed by atoms with Gasteiger partial charge in [-0.15, -0.1) is 0 Å². The van der Waals surface area contributed by atoms with Crippen molar-refractivity contribution in [2.75, 3.05) is 17.2 Å². The normalized spacial score (nSPS) is 9.91. The smallest absolute Gasteiger partial charge is 0.222 e. The Kier molecular flexibility index (Phi) is 3.77. The molecule has 0 aliphatic rings. The summed E-state index contributed by atoms with van der Waals surface area (Å²) in [6.45, 7) is 0. The van der Waals surface area contributed by atoms with E-state index in [1.807, 2.05) is 24.3 Å². The topological polar surface area (TPSA) is 117 Å². The van der Waals surface area contributed by atoms with Crippen LogP contribution in [-0.4, -0.2) is 15.0 Å². The quantitative estimate of drug-likeness (QED) is 0.465. The summed E-state index contributed by atoms with van der Waals surface area (Å²) in [5.74, 6) is 6.33. The van der Waals surface area contributed by atoms with Crippen molar-refractivity contribution in [2.45, 2.75) is 0 Å². The Hall–Kier alpha value is -3.59. The molecular formula is C17H14N6. The van der Waals surface area contributed by atoms with Crippen LogP contribution in [0.2, 0.25) is 0 Å². The fourth-order valence-electron chi connectivity index (χ4n) is 2.09. The van der Waals surface area contributed by atoms with Crippen molar-refractivity contribution >= 4 is 17.5 Å². The SMILES string of the molecule is Nc1cccc(-c2nc(N)nc(N)c2C#Cc2cccnc2)c1. The summed E-state index contributed by atoms with van der Waals surface area (Å²) < 4.78 is 0. The van der Waals surface area contributed by atoms with Gasteiger partial charge in [-0.1, -0.05) is 24.0 Å². The van der Waals surface area contributed by atoms with Crippen molar-refractivity contribution < 1.29 is 0 Å². The maximum Gasteiger partial charge on any atom is 0.222 e. The van der Waals surface area contributed by atoms with E-state index < -0.39 is 0 Å². The van der Waals surface area contributed by atoms with Gasteiger partial charge in [-0.2, -0.15) is 4.98 Å². The van der Waals surface area contributed by atoms with Gasteiger partial charge in [0.15, 0.2) is 0 Å². The minimum atomic E-state index is 0.0897. The molecule has 1 aromatic carbocycles. The van der Waals surface area contributed by atoms with Crippen molar-refractivity contribution in [1.82, 2.24) is 15.0 Å². The molecule has 0 radical (unpaired) electrons. The van der Waals surface area contributed by atoms with E-state index in [2.05, 4.69) is 26.8 Å². The van der Waals surface area contributed by atoms with Crippen molar-refractivity contribution in [3.63, 3.8) is 0 Å². The average Bonchev–Trinajstić information content (AvgIpc) is 2.54. The van der Waals surface area contributed by atoms with Crippen LogP contribution in [-0.2, 0) is 0 Å². The molecule has 0 unspecified atom stereocenters. The number of anilines is 3. The van der Waals surface area contributed by atoms with Crippen LogP contribution in [0.25, 0.3) is 11.3 Å². The van der Waals surface area contributed by atoms with Crippen LogP contribution in [0.4, 0.5) is 17.5 Å². The first-order valence-corrected chi connectivity index (χ1v) is 6.84. The summed E-state index contributed by atoms with van der Waals surface area (Å²) >= 11 is 0. The first-order valence-electron chi connectivity index (χ1n) is 6.84. The van der Waals surface area contributed by atoms with E-state index >= 15 is 0 Å². The van der Waals surface area contributed by atoms with Gasteiger partial charge in [0.05, 0.1) is 11.3 Å². The number of aromatic nitrogens is 3. The Morgan fingerprint density at radius 1 is 0.913 bits per heavy atom. The maximum absolute atomic E-state index is 5.98. The monoisotopic (exact) mass is 302 g/mol. The fraction of sp³-hybridized carbons (Fsp3) is 0. The summed E-state index contributed by atoms with van der Waals surface area (Å²) in [6.07, 6.45) is 3.35. The third-order valence-electron chi connectivity index (χ3n) is 3.11. The molecule has 0 spiro atoms. The van der Waals surface area contributed by atoms with Gasteiger partial charge >= 0.3 is 0 Å². The molecule has 6 N–H and O–H groups in total. The lowest BCUT2D eigenvalue weighted by Crippen LogP contribution is -2.05. The first kappa shape index (κ1) is 14.4. The number of hydrogen-bond donors (Lipinski definition) is 3. The fourth-order valence-corrected chi connectivity index (χ4v) is 2.09. The molecule has 23 heavy (non-hydrogen) atoms. The first-order chi connectivity index (χ1) is 11.1. The number of hydrogen-bond acceptors (Lipinski definition) is 6. The number of rotatable bonds is 1. The number of benzene rings is 1. The van der Waals surface area contributed by atoms with Crippen molar-refractivity contribution in [3.05, 3.63) is 59.9 Å². The summed E-state index contributed by atoms with van der Waals surface area (Å²) in [4.78, 5) is 12.3. The van der Waals surface area contributed by atoms with Gasteiger partial charge in [0.1, 0.15) is 5.82 Å². The highest BCUT2D eigenvalue weighted by Crippen LogP contribution is 2.26. The van der Waals surface area contributed by atoms with Gasteiger partial charge < -0.3 is 17.2 Å². The van der Waals surface area contributed by atoms with Crippen molar-refractivity contribution in [1.29, 1.82) is 0 Å². The van der Waals surface area contributed by atoms with Crippen LogP contribution in [0.3, 0.4) is 0 Å². The third-order valence-corrected chi connectivity index (χ3v) is 3.11. The predicted molar refractivity (Wildman–Crippen MR) is 90.9 cm³/mol. The van der Waals surface area contributed by atoms with Gasteiger partial charge in [-0.05, 0) is 24.3 Å². The van der Waals surface area contributed by atoms with Crippen LogP contribution in [0, 0.1) is 11.8 Å². The lowest BCUT2D eigenvalue weighted by Gasteiger charge is -2.08. The van der Waals surface area contributed by atoms with Crippen molar-refractivity contribution in [2.24, 2.45) is 0 Å². The molecule has 0 amide bonds. The predicted octanol–water partition coefficient (Wildman–Crippen LogP) is 1.69. The number of nitrogen functional groups attached to an aromatic ring is 3. The van der Waals surface area contributed by atoms with E-state index in [1.165, 1.54) is 0 Å². The lowest BCUT2D eigenvalue weighted by molar-refractivity contribution is 1.19. The molecule has 3 rings (SSSR count). The third kappa shape index (κ3) is 3.19. The summed E-state index contributed by atoms with van der Waals surface area (Å²) in [5, 5.41) is 0. The Labute approximate surface area is 133 Å². The van der Waals surface area contributed by atoms with E-state index in [0.29, 0.717) is 16.9 Å². The molecule has 2 heterocycles. The number of nitrogens with zero attached hydrogens (tertiary/aromatic N) is 3. The highest BCUT2D eigenvalue weighted by Gasteiger charge is 2.12. The zero-order valence-corrected chi connectivity index (χ0v) is 12.2. The van der Waals surface area contributed by atoms with Gasteiger partial charge in [0, 0.05) is 29.2 Å². The maximum atomic E-state index is 5.98. The van der Waals surface area contributed by atoms with Crippen LogP contribution < -0.4 is 17.2 Å². The summed E-state index contributed by atoms with van der Waals surface area (Å²) in [7, 11) is 0. The number of pyridine rings is 1. The second-order valence-electron chi connectivity index (χ2n) is 4.81. The van der Waals surface area contributed by atoms with Crippen molar-refractivity contribution in [3.8, 4) is 23.1 Å². The zero-order chi connectivity index (χ0) is 16.2. The van der Waals surface area contributed by atoms with E-state index in [9.17, 15) is 0 Å². The van der Waals surface area contributed by atoms with Gasteiger partial charge in [0.2, 0.25) is 5.95 Å². The zero-order valence-electron chi connectivity index (χ0n) is 12.2. The van der Waals surface area contributed by atoms with Crippen LogP contribution in [0.5, 0.6) is 0 Å². The van der Waals surface area contributed by atoms with E-state index in [-0.39, 0.29) is 11.8 Å². The van der Waals surface area contributed by atoms with Crippen LogP contribution in [0.15, 0.2) is 48.8 Å². The molecule has 0 aliphatic carbocycles. The van der Waals surface area contributed by atoms with Crippen LogP contribution in [0.1, 0.15) is 11.1 Å². The highest BCUT2D eigenvalue weighted by atomic mass is 15.0. The molecule has 6 heteroatoms. The minimum absolute atomic E-state index is 0.0897. The van der Waals surface area contributed by atoms with E-state index in [1.54, 1.807) is 24.5 Å². The van der Waals surface area contributed by atoms with Gasteiger partial charge in [0.25, 0.3) is 0 Å². The largest absolute Gasteiger partial charge is 0.399 e. The molecule has 0 atom stereocenters. The average molecular weight is 302 g/mol. The molecule has 0 bridgehead atoms. The van der Waals surface area contributed by atoms with Gasteiger partial charge in [-0.3, -0.25) is 4.98 Å². The van der Waals surface area contributed by atoms with E-state index in [4.69, 9.17) is 17.2 Å². The molecule has 112 valence electrons. The molecule has 3 aromatic rings. The molecule has 0 saturated carbocycles. The Morgan fingerprint density at radius 3 is 2.52 bits per heavy atom. The van der Waals surface area contributed by atoms with E-state index in [0.717, 1.165) is 11.1 Å². The standard InChI is InChI=1S/C17H14N6/c18-13-5-1-4-12(9-13)15-14(16(19)23-17(20)22-15)7-6-11-3-2-8-21-10-11/h1-5,8-10H,18H2,(H4,19,20,22,23). The molecule has 2 aromatic heterocycles. The summed E-state index contributed by atoms with van der Waals surface area (Å²) in [6, 6.07) is 10.9. The van der Waals surface area contributed by atoms with Crippen LogP contribution >= 0.6 is 0 Å². The lowest BCUT2D eigenvalue weighted by atomic mass is 10.1. The Morgan fingerprint density at radius 2 is 1.78 bits per heavy atom. The van der Waals surface area contributed by atoms with Gasteiger partial charge in [-0.25, -0.2) is 4.98 Å². The molecule has 0 fully saturated rings. The molecule has 0 saturated heterocycles. The second kappa shape index (κ2) is 6.03. The highest BCUT2D eigenvalue weighted by molar-refractivity contribution is 5.76. The molecular weight excluding hydrogens is 288 g/mol. The molecule has 6 nitrogen and oxygen atoms in total. The Balaban J connectivity index is 2.15. The number of nitrogens with two attached hydrogens (primary N) is 3. The second-order valence-corrected chi connectivity index (χ2v) is 4.81. The minimum Gasteiger partial charge on any atom is -0.399 e.